The standard InChI is InChI=1S/C24H24ClN3O2/c1-26-24(30)22-14-18-6-2-3-7-19(18)16-28(22)23(29)15-21(27-12-4-5-13-27)17-8-10-20(25)11-9-17/h2-13,21-22H,14-16H2,1H3,(H,26,30)/t21-,22-/m0/s1. The summed E-state index contributed by atoms with van der Waals surface area (Å²) in [5.74, 6) is -0.186. The molecule has 2 atom stereocenters. The van der Waals surface area contributed by atoms with Crippen LogP contribution in [-0.4, -0.2) is 34.4 Å². The van der Waals surface area contributed by atoms with Crippen molar-refractivity contribution in [2.75, 3.05) is 7.05 Å². The summed E-state index contributed by atoms with van der Waals surface area (Å²) in [6.07, 6.45) is 4.69. The smallest absolute Gasteiger partial charge is 0.242 e. The Morgan fingerprint density at radius 2 is 1.70 bits per heavy atom. The van der Waals surface area contributed by atoms with E-state index in [1.807, 2.05) is 77.6 Å². The van der Waals surface area contributed by atoms with Crippen LogP contribution in [0.15, 0.2) is 73.1 Å². The van der Waals surface area contributed by atoms with Crippen LogP contribution in [0.1, 0.15) is 29.2 Å². The van der Waals surface area contributed by atoms with Crippen molar-refractivity contribution in [1.29, 1.82) is 0 Å². The topological polar surface area (TPSA) is 54.3 Å². The average Bonchev–Trinajstić information content (AvgIpc) is 3.31. The molecule has 2 aromatic carbocycles. The maximum atomic E-state index is 13.5. The number of hydrogen-bond acceptors (Lipinski definition) is 2. The van der Waals surface area contributed by atoms with Crippen molar-refractivity contribution in [3.8, 4) is 0 Å². The number of carbonyl (C=O) groups excluding carboxylic acids is 2. The Morgan fingerprint density at radius 1 is 1.03 bits per heavy atom. The van der Waals surface area contributed by atoms with Crippen LogP contribution >= 0.6 is 11.6 Å². The summed E-state index contributed by atoms with van der Waals surface area (Å²) in [5.41, 5.74) is 3.21. The number of benzene rings is 2. The first-order chi connectivity index (χ1) is 14.6. The van der Waals surface area contributed by atoms with E-state index in [0.717, 1.165) is 16.7 Å². The van der Waals surface area contributed by atoms with Gasteiger partial charge in [0.05, 0.1) is 12.5 Å². The zero-order valence-electron chi connectivity index (χ0n) is 16.8. The van der Waals surface area contributed by atoms with Gasteiger partial charge in [-0.05, 0) is 41.0 Å². The lowest BCUT2D eigenvalue weighted by atomic mass is 9.92. The number of hydrogen-bond donors (Lipinski definition) is 1. The van der Waals surface area contributed by atoms with Crippen molar-refractivity contribution >= 4 is 23.4 Å². The van der Waals surface area contributed by atoms with Crippen LogP contribution in [0.3, 0.4) is 0 Å². The Labute approximate surface area is 181 Å². The van der Waals surface area contributed by atoms with Gasteiger partial charge in [-0.15, -0.1) is 0 Å². The number of fused-ring (bicyclic) bond motifs is 1. The molecule has 30 heavy (non-hydrogen) atoms. The highest BCUT2D eigenvalue weighted by Crippen LogP contribution is 2.29. The van der Waals surface area contributed by atoms with Crippen LogP contribution in [0, 0.1) is 0 Å². The lowest BCUT2D eigenvalue weighted by Gasteiger charge is -2.36. The monoisotopic (exact) mass is 421 g/mol. The van der Waals surface area contributed by atoms with Gasteiger partial charge in [0.1, 0.15) is 6.04 Å². The number of amides is 2. The Kier molecular flexibility index (Phi) is 5.91. The fourth-order valence-electron chi connectivity index (χ4n) is 4.10. The quantitative estimate of drug-likeness (QED) is 0.680. The van der Waals surface area contributed by atoms with Gasteiger partial charge in [0.15, 0.2) is 0 Å². The zero-order chi connectivity index (χ0) is 21.1. The second-order valence-electron chi connectivity index (χ2n) is 7.53. The molecule has 5 nitrogen and oxygen atoms in total. The van der Waals surface area contributed by atoms with Crippen molar-refractivity contribution < 1.29 is 9.59 Å². The van der Waals surface area contributed by atoms with Crippen LogP contribution in [0.4, 0.5) is 0 Å². The third kappa shape index (κ3) is 4.12. The third-order valence-electron chi connectivity index (χ3n) is 5.73. The minimum atomic E-state index is -0.507. The summed E-state index contributed by atoms with van der Waals surface area (Å²) in [6, 6.07) is 18.8. The summed E-state index contributed by atoms with van der Waals surface area (Å²) in [6.45, 7) is 0.437. The molecule has 2 heterocycles. The average molecular weight is 422 g/mol. The van der Waals surface area contributed by atoms with Crippen LogP contribution in [0.25, 0.3) is 0 Å². The Morgan fingerprint density at radius 3 is 2.37 bits per heavy atom. The van der Waals surface area contributed by atoms with E-state index in [1.54, 1.807) is 11.9 Å². The van der Waals surface area contributed by atoms with Gasteiger partial charge in [-0.25, -0.2) is 0 Å². The van der Waals surface area contributed by atoms with Crippen LogP contribution < -0.4 is 5.32 Å². The molecule has 0 saturated heterocycles. The highest BCUT2D eigenvalue weighted by molar-refractivity contribution is 6.30. The molecule has 0 unspecified atom stereocenters. The van der Waals surface area contributed by atoms with Gasteiger partial charge in [-0.1, -0.05) is 48.0 Å². The van der Waals surface area contributed by atoms with Crippen LogP contribution in [0.5, 0.6) is 0 Å². The molecule has 1 aromatic heterocycles. The lowest BCUT2D eigenvalue weighted by Crippen LogP contribution is -2.52. The molecule has 0 bridgehead atoms. The predicted octanol–water partition coefficient (Wildman–Crippen LogP) is 3.82. The normalized spacial score (nSPS) is 16.6. The predicted molar refractivity (Wildman–Crippen MR) is 117 cm³/mol. The zero-order valence-corrected chi connectivity index (χ0v) is 17.5. The summed E-state index contributed by atoms with van der Waals surface area (Å²) in [4.78, 5) is 27.8. The van der Waals surface area contributed by atoms with Crippen molar-refractivity contribution in [2.45, 2.75) is 31.5 Å². The maximum Gasteiger partial charge on any atom is 0.242 e. The molecule has 4 rings (SSSR count). The minimum absolute atomic E-state index is 0.0493. The molecule has 1 N–H and O–H groups in total. The number of likely N-dealkylation sites (N-methyl/N-ethyl adjacent to an activating group) is 1. The minimum Gasteiger partial charge on any atom is -0.357 e. The molecule has 1 aliphatic heterocycles. The Hall–Kier alpha value is -3.05. The first kappa shape index (κ1) is 20.2. The van der Waals surface area contributed by atoms with E-state index in [0.29, 0.717) is 18.0 Å². The first-order valence-corrected chi connectivity index (χ1v) is 10.4. The molecular formula is C24H24ClN3O2. The van der Waals surface area contributed by atoms with Gasteiger partial charge < -0.3 is 14.8 Å². The number of nitrogens with one attached hydrogen (secondary N) is 1. The molecule has 6 heteroatoms. The molecule has 3 aromatic rings. The van der Waals surface area contributed by atoms with Crippen molar-refractivity contribution in [3.63, 3.8) is 0 Å². The maximum absolute atomic E-state index is 13.5. The molecule has 0 fully saturated rings. The number of nitrogens with zero attached hydrogens (tertiary/aromatic N) is 2. The summed E-state index contributed by atoms with van der Waals surface area (Å²) in [5, 5.41) is 3.37. The van der Waals surface area contributed by atoms with Gasteiger partial charge in [0.25, 0.3) is 0 Å². The largest absolute Gasteiger partial charge is 0.357 e. The number of carbonyl (C=O) groups is 2. The molecule has 0 spiro atoms. The summed E-state index contributed by atoms with van der Waals surface area (Å²) < 4.78 is 2.02. The third-order valence-corrected chi connectivity index (χ3v) is 5.98. The lowest BCUT2D eigenvalue weighted by molar-refractivity contribution is -0.142. The van der Waals surface area contributed by atoms with Crippen molar-refractivity contribution in [2.24, 2.45) is 0 Å². The van der Waals surface area contributed by atoms with Crippen molar-refractivity contribution in [1.82, 2.24) is 14.8 Å². The molecule has 2 amide bonds. The molecule has 154 valence electrons. The highest BCUT2D eigenvalue weighted by Gasteiger charge is 2.35. The van der Waals surface area contributed by atoms with E-state index in [1.165, 1.54) is 0 Å². The number of rotatable bonds is 5. The first-order valence-electron chi connectivity index (χ1n) is 10.0. The Balaban J connectivity index is 1.63. The fraction of sp³-hybridized carbons (Fsp3) is 0.250. The Bertz CT molecular complexity index is 1030. The molecule has 0 aliphatic carbocycles. The van der Waals surface area contributed by atoms with Gasteiger partial charge in [0, 0.05) is 37.4 Å². The molecule has 1 aliphatic rings. The summed E-state index contributed by atoms with van der Waals surface area (Å²) in [7, 11) is 1.61. The molecule has 0 saturated carbocycles. The van der Waals surface area contributed by atoms with E-state index < -0.39 is 6.04 Å². The van der Waals surface area contributed by atoms with E-state index >= 15 is 0 Å². The van der Waals surface area contributed by atoms with E-state index in [4.69, 9.17) is 11.6 Å². The van der Waals surface area contributed by atoms with Crippen molar-refractivity contribution in [3.05, 3.63) is 94.8 Å². The van der Waals surface area contributed by atoms with Crippen LogP contribution in [-0.2, 0) is 22.6 Å². The van der Waals surface area contributed by atoms with Crippen LogP contribution in [0.2, 0.25) is 5.02 Å². The van der Waals surface area contributed by atoms with E-state index in [9.17, 15) is 9.59 Å². The second kappa shape index (κ2) is 8.76. The molecular weight excluding hydrogens is 398 g/mol. The van der Waals surface area contributed by atoms with Gasteiger partial charge in [0.2, 0.25) is 11.8 Å². The van der Waals surface area contributed by atoms with Gasteiger partial charge in [-0.3, -0.25) is 9.59 Å². The fourth-order valence-corrected chi connectivity index (χ4v) is 4.23. The molecule has 0 radical (unpaired) electrons. The second-order valence-corrected chi connectivity index (χ2v) is 7.96. The highest BCUT2D eigenvalue weighted by atomic mass is 35.5. The van der Waals surface area contributed by atoms with E-state index in [2.05, 4.69) is 5.32 Å². The van der Waals surface area contributed by atoms with Gasteiger partial charge in [-0.2, -0.15) is 0 Å². The van der Waals surface area contributed by atoms with Gasteiger partial charge >= 0.3 is 0 Å². The van der Waals surface area contributed by atoms with E-state index in [-0.39, 0.29) is 24.3 Å². The number of halogens is 1. The summed E-state index contributed by atoms with van der Waals surface area (Å²) >= 11 is 6.06. The number of aromatic nitrogens is 1. The SMILES string of the molecule is CNC(=O)[C@@H]1Cc2ccccc2CN1C(=O)C[C@@H](c1ccc(Cl)cc1)n1cccc1.